The van der Waals surface area contributed by atoms with E-state index in [1.165, 1.54) is 13.4 Å². The second-order valence-corrected chi connectivity index (χ2v) is 7.43. The van der Waals surface area contributed by atoms with Gasteiger partial charge in [-0.3, -0.25) is 9.69 Å². The van der Waals surface area contributed by atoms with Gasteiger partial charge in [-0.25, -0.2) is 8.42 Å². The molecule has 1 unspecified atom stereocenters. The Morgan fingerprint density at radius 1 is 1.53 bits per heavy atom. The van der Waals surface area contributed by atoms with Gasteiger partial charge in [0, 0.05) is 30.7 Å². The highest BCUT2D eigenvalue weighted by atomic mass is 32.2. The van der Waals surface area contributed by atoms with Gasteiger partial charge in [0.1, 0.15) is 5.37 Å². The van der Waals surface area contributed by atoms with Crippen molar-refractivity contribution < 1.29 is 17.9 Å². The Kier molecular flexibility index (Phi) is 5.75. The molecule has 0 aromatic rings. The van der Waals surface area contributed by atoms with E-state index in [-0.39, 0.29) is 5.97 Å². The van der Waals surface area contributed by atoms with Gasteiger partial charge in [0.25, 0.3) is 0 Å². The molecular formula is C10H19NO4S2. The Morgan fingerprint density at radius 2 is 2.24 bits per heavy atom. The van der Waals surface area contributed by atoms with E-state index < -0.39 is 15.2 Å². The number of carbonyl (C=O) groups excluding carboxylic acids is 1. The van der Waals surface area contributed by atoms with Crippen LogP contribution in [0.25, 0.3) is 0 Å². The van der Waals surface area contributed by atoms with Crippen LogP contribution in [-0.4, -0.2) is 62.6 Å². The zero-order valence-electron chi connectivity index (χ0n) is 10.2. The van der Waals surface area contributed by atoms with Gasteiger partial charge in [0.05, 0.1) is 7.11 Å². The van der Waals surface area contributed by atoms with Gasteiger partial charge in [0.15, 0.2) is 9.84 Å². The van der Waals surface area contributed by atoms with Gasteiger partial charge in [-0.05, 0) is 13.0 Å². The summed E-state index contributed by atoms with van der Waals surface area (Å²) in [5.74, 6) is 1.33. The second-order valence-electron chi connectivity index (χ2n) is 4.07. The monoisotopic (exact) mass is 281 g/mol. The molecule has 1 rings (SSSR count). The Labute approximate surface area is 107 Å². The third kappa shape index (κ3) is 4.85. The molecule has 0 N–H and O–H groups in total. The van der Waals surface area contributed by atoms with E-state index in [0.29, 0.717) is 25.1 Å². The molecule has 0 aliphatic carbocycles. The van der Waals surface area contributed by atoms with Crippen molar-refractivity contribution in [1.29, 1.82) is 0 Å². The maximum atomic E-state index is 11.6. The van der Waals surface area contributed by atoms with Crippen LogP contribution in [0.2, 0.25) is 0 Å². The van der Waals surface area contributed by atoms with E-state index in [2.05, 4.69) is 4.74 Å². The molecule has 1 aliphatic rings. The fourth-order valence-electron chi connectivity index (χ4n) is 1.79. The predicted molar refractivity (Wildman–Crippen MR) is 68.8 cm³/mol. The summed E-state index contributed by atoms with van der Waals surface area (Å²) in [6.07, 6.45) is 2.26. The van der Waals surface area contributed by atoms with Gasteiger partial charge < -0.3 is 4.74 Å². The molecule has 17 heavy (non-hydrogen) atoms. The summed E-state index contributed by atoms with van der Waals surface area (Å²) in [6.45, 7) is 1.40. The number of sulfone groups is 1. The molecule has 0 saturated carbocycles. The van der Waals surface area contributed by atoms with Gasteiger partial charge >= 0.3 is 5.97 Å². The quantitative estimate of drug-likeness (QED) is 0.678. The van der Waals surface area contributed by atoms with E-state index in [1.807, 2.05) is 4.90 Å². The van der Waals surface area contributed by atoms with Crippen molar-refractivity contribution in [3.8, 4) is 0 Å². The lowest BCUT2D eigenvalue weighted by atomic mass is 10.3. The number of ether oxygens (including phenoxy) is 1. The highest BCUT2D eigenvalue weighted by Gasteiger charge is 2.30. The first kappa shape index (κ1) is 14.8. The number of hydrogen-bond donors (Lipinski definition) is 0. The van der Waals surface area contributed by atoms with Crippen molar-refractivity contribution in [2.45, 2.75) is 18.2 Å². The van der Waals surface area contributed by atoms with Crippen LogP contribution in [0.3, 0.4) is 0 Å². The zero-order valence-corrected chi connectivity index (χ0v) is 11.8. The van der Waals surface area contributed by atoms with Crippen molar-refractivity contribution in [3.63, 3.8) is 0 Å². The molecule has 5 nitrogen and oxygen atoms in total. The van der Waals surface area contributed by atoms with E-state index >= 15 is 0 Å². The van der Waals surface area contributed by atoms with Crippen LogP contribution in [0.1, 0.15) is 12.8 Å². The molecular weight excluding hydrogens is 262 g/mol. The average Bonchev–Trinajstić information content (AvgIpc) is 2.28. The summed E-state index contributed by atoms with van der Waals surface area (Å²) < 4.78 is 27.8. The highest BCUT2D eigenvalue weighted by Crippen LogP contribution is 2.20. The normalized spacial score (nSPS) is 22.4. The Bertz CT molecular complexity index is 355. The van der Waals surface area contributed by atoms with E-state index in [4.69, 9.17) is 0 Å². The Balaban J connectivity index is 2.46. The number of hydrogen-bond acceptors (Lipinski definition) is 6. The zero-order chi connectivity index (χ0) is 12.9. The van der Waals surface area contributed by atoms with Crippen LogP contribution in [0.4, 0.5) is 0 Å². The lowest BCUT2D eigenvalue weighted by Gasteiger charge is -2.33. The second kappa shape index (κ2) is 6.61. The van der Waals surface area contributed by atoms with Crippen molar-refractivity contribution in [3.05, 3.63) is 0 Å². The minimum absolute atomic E-state index is 0.243. The summed E-state index contributed by atoms with van der Waals surface area (Å²) in [6, 6.07) is 0. The highest BCUT2D eigenvalue weighted by molar-refractivity contribution is 8.00. The lowest BCUT2D eigenvalue weighted by molar-refractivity contribution is -0.140. The summed E-state index contributed by atoms with van der Waals surface area (Å²) >= 11 is 1.67. The minimum Gasteiger partial charge on any atom is -0.469 e. The number of methoxy groups -OCH3 is 1. The lowest BCUT2D eigenvalue weighted by Crippen LogP contribution is -2.47. The molecule has 1 fully saturated rings. The standard InChI is InChI=1S/C10H19NO4S2/c1-15-10(12)4-3-5-11-6-7-16-8-9(11)17(2,13)14/h9H,3-8H2,1-2H3. The summed E-state index contributed by atoms with van der Waals surface area (Å²) in [7, 11) is -1.68. The molecule has 0 radical (unpaired) electrons. The number of nitrogens with zero attached hydrogens (tertiary/aromatic N) is 1. The Morgan fingerprint density at radius 3 is 2.82 bits per heavy atom. The fraction of sp³-hybridized carbons (Fsp3) is 0.900. The van der Waals surface area contributed by atoms with Gasteiger partial charge in [-0.2, -0.15) is 11.8 Å². The topological polar surface area (TPSA) is 63.7 Å². The van der Waals surface area contributed by atoms with Gasteiger partial charge in [0.2, 0.25) is 0 Å². The van der Waals surface area contributed by atoms with Crippen LogP contribution in [0.15, 0.2) is 0 Å². The largest absolute Gasteiger partial charge is 0.469 e. The SMILES string of the molecule is COC(=O)CCCN1CCSCC1S(C)(=O)=O. The molecule has 0 bridgehead atoms. The Hall–Kier alpha value is -0.270. The molecule has 0 spiro atoms. The molecule has 100 valence electrons. The first-order chi connectivity index (χ1) is 7.95. The van der Waals surface area contributed by atoms with Crippen LogP contribution in [0.5, 0.6) is 0 Å². The van der Waals surface area contributed by atoms with Crippen LogP contribution in [-0.2, 0) is 19.4 Å². The molecule has 0 amide bonds. The number of rotatable bonds is 5. The molecule has 7 heteroatoms. The first-order valence-electron chi connectivity index (χ1n) is 5.52. The van der Waals surface area contributed by atoms with Gasteiger partial charge in [-0.15, -0.1) is 0 Å². The third-order valence-electron chi connectivity index (χ3n) is 2.74. The van der Waals surface area contributed by atoms with Crippen molar-refractivity contribution in [2.75, 3.05) is 38.0 Å². The molecule has 0 aromatic carbocycles. The van der Waals surface area contributed by atoms with Crippen LogP contribution < -0.4 is 0 Å². The van der Waals surface area contributed by atoms with Crippen molar-refractivity contribution in [2.24, 2.45) is 0 Å². The summed E-state index contributed by atoms with van der Waals surface area (Å²) in [5.41, 5.74) is 0. The molecule has 1 atom stereocenters. The molecule has 1 aliphatic heterocycles. The summed E-state index contributed by atoms with van der Waals surface area (Å²) in [5, 5.41) is -0.404. The molecule has 1 saturated heterocycles. The van der Waals surface area contributed by atoms with Crippen molar-refractivity contribution >= 4 is 27.6 Å². The van der Waals surface area contributed by atoms with Crippen LogP contribution >= 0.6 is 11.8 Å². The van der Waals surface area contributed by atoms with E-state index in [0.717, 1.165) is 12.3 Å². The smallest absolute Gasteiger partial charge is 0.305 e. The van der Waals surface area contributed by atoms with Crippen LogP contribution in [0, 0.1) is 0 Å². The van der Waals surface area contributed by atoms with E-state index in [1.54, 1.807) is 11.8 Å². The van der Waals surface area contributed by atoms with Crippen molar-refractivity contribution in [1.82, 2.24) is 4.90 Å². The number of thioether (sulfide) groups is 1. The number of esters is 1. The number of carbonyl (C=O) groups is 1. The maximum Gasteiger partial charge on any atom is 0.305 e. The van der Waals surface area contributed by atoms with Gasteiger partial charge in [-0.1, -0.05) is 0 Å². The molecule has 0 aromatic heterocycles. The third-order valence-corrected chi connectivity index (χ3v) is 5.43. The minimum atomic E-state index is -3.04. The molecule has 1 heterocycles. The maximum absolute atomic E-state index is 11.6. The first-order valence-corrected chi connectivity index (χ1v) is 8.63. The predicted octanol–water partition coefficient (Wildman–Crippen LogP) is 0.359. The summed E-state index contributed by atoms with van der Waals surface area (Å²) in [4.78, 5) is 12.9. The fourth-order valence-corrected chi connectivity index (χ4v) is 4.77. The average molecular weight is 281 g/mol. The van der Waals surface area contributed by atoms with E-state index in [9.17, 15) is 13.2 Å².